The number of hydrogen-bond donors (Lipinski definition) is 2. The van der Waals surface area contributed by atoms with Crippen molar-refractivity contribution >= 4 is 50.9 Å². The van der Waals surface area contributed by atoms with Gasteiger partial charge in [0.1, 0.15) is 4.90 Å². The van der Waals surface area contributed by atoms with Crippen LogP contribution in [0.15, 0.2) is 47.4 Å². The van der Waals surface area contributed by atoms with E-state index in [-0.39, 0.29) is 14.9 Å². The number of nitrogens with zero attached hydrogens (tertiary/aromatic N) is 2. The Hall–Kier alpha value is -1.55. The first-order valence-corrected chi connectivity index (χ1v) is 16.2. The second-order valence-corrected chi connectivity index (χ2v) is 13.8. The van der Waals surface area contributed by atoms with Crippen LogP contribution in [0.3, 0.4) is 0 Å². The minimum absolute atomic E-state index is 0.0415. The third-order valence-electron chi connectivity index (χ3n) is 7.29. The van der Waals surface area contributed by atoms with E-state index in [0.717, 1.165) is 32.1 Å². The highest BCUT2D eigenvalue weighted by atomic mass is 35.5. The minimum Gasteiger partial charge on any atom is -0.465 e. The van der Waals surface area contributed by atoms with Crippen LogP contribution < -0.4 is 5.32 Å². The summed E-state index contributed by atoms with van der Waals surface area (Å²) in [4.78, 5) is 12.8. The van der Waals surface area contributed by atoms with Gasteiger partial charge in [-0.3, -0.25) is 0 Å². The zero-order valence-corrected chi connectivity index (χ0v) is 26.8. The topological polar surface area (TPSA) is 90.0 Å². The van der Waals surface area contributed by atoms with Crippen molar-refractivity contribution in [2.45, 2.75) is 62.8 Å². The fourth-order valence-corrected chi connectivity index (χ4v) is 7.91. The average molecular weight is 635 g/mol. The highest BCUT2D eigenvalue weighted by Crippen LogP contribution is 2.39. The molecule has 1 atom stereocenters. The van der Waals surface area contributed by atoms with Gasteiger partial charge in [0.05, 0.1) is 10.0 Å². The number of nitrogens with one attached hydrogen (secondary N) is 1. The van der Waals surface area contributed by atoms with Gasteiger partial charge in [-0.15, -0.1) is 0 Å². The van der Waals surface area contributed by atoms with Gasteiger partial charge in [0.15, 0.2) is 0 Å². The molecule has 0 bridgehead atoms. The number of benzene rings is 2. The van der Waals surface area contributed by atoms with Crippen molar-refractivity contribution in [2.24, 2.45) is 11.8 Å². The molecule has 0 heterocycles. The van der Waals surface area contributed by atoms with Crippen LogP contribution in [0.1, 0.15) is 63.5 Å². The molecule has 1 aliphatic rings. The van der Waals surface area contributed by atoms with Crippen LogP contribution in [0.2, 0.25) is 15.1 Å². The Labute approximate surface area is 254 Å². The molecule has 0 aliphatic heterocycles. The standard InChI is InChI=1S/C17H26N2O2.C12H16Cl3NO2S/c1-19(2)16(14-6-4-3-5-7-14)15-10-8-13(9-11-15)12-18-17(20)21;1-3-4-5-6-16(2)19(17,18)12-10(14)7-9(13)8-11(12)15/h3-7,13,15-16,18H,8-12H2,1-2H3,(H,20,21);7-8H,3-6H2,1-2H3. The van der Waals surface area contributed by atoms with Crippen LogP contribution in [-0.2, 0) is 10.0 Å². The number of carboxylic acid groups (broad SMARTS) is 1. The zero-order chi connectivity index (χ0) is 29.9. The third-order valence-corrected chi connectivity index (χ3v) is 10.3. The van der Waals surface area contributed by atoms with Crippen LogP contribution >= 0.6 is 34.8 Å². The highest BCUT2D eigenvalue weighted by molar-refractivity contribution is 7.89. The Morgan fingerprint density at radius 1 is 1.00 bits per heavy atom. The summed E-state index contributed by atoms with van der Waals surface area (Å²) < 4.78 is 26.1. The number of hydrogen-bond acceptors (Lipinski definition) is 4. The summed E-state index contributed by atoms with van der Waals surface area (Å²) in [7, 11) is 2.13. The first-order valence-electron chi connectivity index (χ1n) is 13.7. The third kappa shape index (κ3) is 10.4. The van der Waals surface area contributed by atoms with Crippen molar-refractivity contribution in [1.82, 2.24) is 14.5 Å². The number of rotatable bonds is 11. The second-order valence-electron chi connectivity index (χ2n) is 10.5. The molecule has 40 heavy (non-hydrogen) atoms. The van der Waals surface area contributed by atoms with Gasteiger partial charge in [-0.25, -0.2) is 17.5 Å². The molecule has 3 rings (SSSR count). The van der Waals surface area contributed by atoms with Gasteiger partial charge in [-0.2, -0.15) is 0 Å². The normalized spacial score (nSPS) is 18.2. The molecule has 0 saturated heterocycles. The van der Waals surface area contributed by atoms with E-state index in [1.807, 2.05) is 0 Å². The Morgan fingerprint density at radius 3 is 2.08 bits per heavy atom. The second kappa shape index (κ2) is 16.8. The fourth-order valence-electron chi connectivity index (χ4n) is 5.22. The number of halogens is 3. The van der Waals surface area contributed by atoms with E-state index < -0.39 is 16.1 Å². The summed E-state index contributed by atoms with van der Waals surface area (Å²) in [6, 6.07) is 13.9. The molecule has 1 unspecified atom stereocenters. The van der Waals surface area contributed by atoms with E-state index in [4.69, 9.17) is 39.9 Å². The summed E-state index contributed by atoms with van der Waals surface area (Å²) in [6.45, 7) is 3.09. The van der Waals surface area contributed by atoms with E-state index in [1.54, 1.807) is 0 Å². The Balaban J connectivity index is 0.000000282. The molecular formula is C29H42Cl3N3O4S. The summed E-state index contributed by atoms with van der Waals surface area (Å²) in [6.07, 6.45) is 6.46. The van der Waals surface area contributed by atoms with Gasteiger partial charge in [-0.1, -0.05) is 84.9 Å². The number of amides is 1. The van der Waals surface area contributed by atoms with Crippen molar-refractivity contribution < 1.29 is 18.3 Å². The van der Waals surface area contributed by atoms with Crippen LogP contribution in [0.4, 0.5) is 4.79 Å². The predicted molar refractivity (Wildman–Crippen MR) is 165 cm³/mol. The minimum atomic E-state index is -3.69. The molecule has 0 spiro atoms. The van der Waals surface area contributed by atoms with Crippen molar-refractivity contribution in [2.75, 3.05) is 34.2 Å². The van der Waals surface area contributed by atoms with Gasteiger partial charge >= 0.3 is 6.09 Å². The lowest BCUT2D eigenvalue weighted by Crippen LogP contribution is -2.34. The van der Waals surface area contributed by atoms with Gasteiger partial charge in [0, 0.05) is 31.2 Å². The van der Waals surface area contributed by atoms with Crippen molar-refractivity contribution in [1.29, 1.82) is 0 Å². The fraction of sp³-hybridized carbons (Fsp3) is 0.552. The van der Waals surface area contributed by atoms with Crippen LogP contribution in [0, 0.1) is 11.8 Å². The van der Waals surface area contributed by atoms with E-state index in [1.165, 1.54) is 41.9 Å². The quantitative estimate of drug-likeness (QED) is 0.246. The number of carbonyl (C=O) groups is 1. The molecular weight excluding hydrogens is 593 g/mol. The molecule has 2 aromatic carbocycles. The maximum atomic E-state index is 12.4. The molecule has 1 aliphatic carbocycles. The smallest absolute Gasteiger partial charge is 0.404 e. The van der Waals surface area contributed by atoms with Crippen LogP contribution in [0.25, 0.3) is 0 Å². The van der Waals surface area contributed by atoms with Gasteiger partial charge in [-0.05, 0) is 75.7 Å². The number of sulfonamides is 1. The molecule has 1 saturated carbocycles. The van der Waals surface area contributed by atoms with Gasteiger partial charge < -0.3 is 15.3 Å². The van der Waals surface area contributed by atoms with Gasteiger partial charge in [0.25, 0.3) is 0 Å². The Bertz CT molecular complexity index is 1150. The SMILES string of the molecule is CCCCCN(C)S(=O)(=O)c1c(Cl)cc(Cl)cc1Cl.CN(C)C(c1ccccc1)C1CCC(CNC(=O)O)CC1. The lowest BCUT2D eigenvalue weighted by atomic mass is 9.76. The Morgan fingerprint density at radius 2 is 1.57 bits per heavy atom. The van der Waals surface area contributed by atoms with Crippen molar-refractivity contribution in [3.05, 3.63) is 63.1 Å². The first-order chi connectivity index (χ1) is 18.9. The molecule has 7 nitrogen and oxygen atoms in total. The molecule has 0 radical (unpaired) electrons. The molecule has 1 amide bonds. The zero-order valence-electron chi connectivity index (χ0n) is 23.7. The Kier molecular flexibility index (Phi) is 14.5. The van der Waals surface area contributed by atoms with Gasteiger partial charge in [0.2, 0.25) is 10.0 Å². The number of unbranched alkanes of at least 4 members (excludes halogenated alkanes) is 2. The maximum absolute atomic E-state index is 12.4. The van der Waals surface area contributed by atoms with E-state index in [2.05, 4.69) is 61.6 Å². The van der Waals surface area contributed by atoms with E-state index in [9.17, 15) is 13.2 Å². The maximum Gasteiger partial charge on any atom is 0.404 e. The highest BCUT2D eigenvalue weighted by Gasteiger charge is 2.30. The predicted octanol–water partition coefficient (Wildman–Crippen LogP) is 7.82. The monoisotopic (exact) mass is 633 g/mol. The first kappa shape index (κ1) is 34.7. The van der Waals surface area contributed by atoms with E-state index >= 15 is 0 Å². The summed E-state index contributed by atoms with van der Waals surface area (Å²) in [5.74, 6) is 1.15. The van der Waals surface area contributed by atoms with E-state index in [0.29, 0.717) is 36.0 Å². The lowest BCUT2D eigenvalue weighted by Gasteiger charge is -2.37. The van der Waals surface area contributed by atoms with Crippen molar-refractivity contribution in [3.63, 3.8) is 0 Å². The lowest BCUT2D eigenvalue weighted by molar-refractivity contribution is 0.146. The van der Waals surface area contributed by atoms with Crippen LogP contribution in [-0.4, -0.2) is 63.1 Å². The van der Waals surface area contributed by atoms with Crippen LogP contribution in [0.5, 0.6) is 0 Å². The molecule has 224 valence electrons. The van der Waals surface area contributed by atoms with Crippen molar-refractivity contribution in [3.8, 4) is 0 Å². The molecule has 2 aromatic rings. The molecule has 1 fully saturated rings. The summed E-state index contributed by atoms with van der Waals surface area (Å²) in [5.41, 5.74) is 1.38. The molecule has 11 heteroatoms. The summed E-state index contributed by atoms with van der Waals surface area (Å²) in [5, 5.41) is 11.6. The molecule has 0 aromatic heterocycles. The molecule has 2 N–H and O–H groups in total. The largest absolute Gasteiger partial charge is 0.465 e. The summed E-state index contributed by atoms with van der Waals surface area (Å²) >= 11 is 17.7. The average Bonchev–Trinajstić information content (AvgIpc) is 2.88.